The minimum absolute atomic E-state index is 0.0701. The molecule has 1 unspecified atom stereocenters. The second-order valence-corrected chi connectivity index (χ2v) is 6.53. The number of carbonyl (C=O) groups is 2. The van der Waals surface area contributed by atoms with E-state index in [9.17, 15) is 18.4 Å². The molecule has 0 saturated carbocycles. The topological polar surface area (TPSA) is 75.4 Å². The van der Waals surface area contributed by atoms with Crippen LogP contribution >= 0.6 is 0 Å². The zero-order valence-corrected chi connectivity index (χ0v) is 15.8. The predicted octanol–water partition coefficient (Wildman–Crippen LogP) is 2.56. The lowest BCUT2D eigenvalue weighted by Gasteiger charge is -2.26. The summed E-state index contributed by atoms with van der Waals surface area (Å²) in [5, 5.41) is 2.58. The third-order valence-corrected chi connectivity index (χ3v) is 4.36. The molecule has 0 fully saturated rings. The van der Waals surface area contributed by atoms with Crippen LogP contribution in [0.5, 0.6) is 0 Å². The zero-order valence-electron chi connectivity index (χ0n) is 15.8. The maximum absolute atomic E-state index is 14.2. The summed E-state index contributed by atoms with van der Waals surface area (Å²) in [7, 11) is 0. The molecule has 2 aromatic carbocycles. The quantitative estimate of drug-likeness (QED) is 0.692. The average molecular weight is 389 g/mol. The van der Waals surface area contributed by atoms with Gasteiger partial charge in [-0.3, -0.25) is 9.59 Å². The van der Waals surface area contributed by atoms with Crippen molar-refractivity contribution in [2.24, 2.45) is 5.73 Å². The van der Waals surface area contributed by atoms with Gasteiger partial charge in [-0.25, -0.2) is 8.78 Å². The normalized spacial score (nSPS) is 11.7. The van der Waals surface area contributed by atoms with Crippen molar-refractivity contribution >= 4 is 11.8 Å². The van der Waals surface area contributed by atoms with Crippen molar-refractivity contribution in [1.29, 1.82) is 0 Å². The van der Waals surface area contributed by atoms with Gasteiger partial charge in [-0.05, 0) is 18.1 Å². The molecule has 0 aliphatic rings. The molecule has 2 amide bonds. The smallest absolute Gasteiger partial charge is 0.225 e. The van der Waals surface area contributed by atoms with Gasteiger partial charge in [0.05, 0.1) is 12.5 Å². The molecule has 0 radical (unpaired) electrons. The van der Waals surface area contributed by atoms with Crippen molar-refractivity contribution in [3.05, 3.63) is 71.3 Å². The summed E-state index contributed by atoms with van der Waals surface area (Å²) < 4.78 is 27.4. The van der Waals surface area contributed by atoms with Gasteiger partial charge >= 0.3 is 0 Å². The maximum atomic E-state index is 14.2. The third-order valence-electron chi connectivity index (χ3n) is 4.36. The monoisotopic (exact) mass is 389 g/mol. The summed E-state index contributed by atoms with van der Waals surface area (Å²) in [4.78, 5) is 26.0. The van der Waals surface area contributed by atoms with Crippen molar-refractivity contribution in [2.45, 2.75) is 25.8 Å². The van der Waals surface area contributed by atoms with E-state index >= 15 is 0 Å². The number of nitrogens with zero attached hydrogens (tertiary/aromatic N) is 1. The minimum atomic E-state index is -0.886. The van der Waals surface area contributed by atoms with Crippen LogP contribution in [0.4, 0.5) is 8.78 Å². The molecule has 5 nitrogen and oxygen atoms in total. The van der Waals surface area contributed by atoms with Crippen LogP contribution in [0.2, 0.25) is 0 Å². The number of nitrogens with two attached hydrogens (primary N) is 1. The lowest BCUT2D eigenvalue weighted by Crippen LogP contribution is -2.39. The molecule has 0 aromatic heterocycles. The number of rotatable bonds is 9. The van der Waals surface area contributed by atoms with E-state index in [0.717, 1.165) is 17.7 Å². The van der Waals surface area contributed by atoms with Crippen LogP contribution in [0.1, 0.15) is 30.5 Å². The van der Waals surface area contributed by atoms with Gasteiger partial charge in [0.25, 0.3) is 0 Å². The molecule has 2 rings (SSSR count). The Hall–Kier alpha value is -2.80. The van der Waals surface area contributed by atoms with Crippen molar-refractivity contribution in [2.75, 3.05) is 19.6 Å². The van der Waals surface area contributed by atoms with Crippen LogP contribution in [-0.4, -0.2) is 36.3 Å². The molecule has 0 aliphatic carbocycles. The molecule has 0 bridgehead atoms. The van der Waals surface area contributed by atoms with Gasteiger partial charge in [0.2, 0.25) is 11.8 Å². The molecular formula is C21H25F2N3O2. The zero-order chi connectivity index (χ0) is 20.5. The number of halogens is 2. The fourth-order valence-corrected chi connectivity index (χ4v) is 3.00. The molecule has 1 atom stereocenters. The Morgan fingerprint density at radius 3 is 2.43 bits per heavy atom. The molecule has 0 heterocycles. The summed E-state index contributed by atoms with van der Waals surface area (Å²) in [6.07, 6.45) is 0.513. The number of amides is 2. The van der Waals surface area contributed by atoms with Gasteiger partial charge in [0, 0.05) is 38.2 Å². The maximum Gasteiger partial charge on any atom is 0.225 e. The van der Waals surface area contributed by atoms with E-state index in [1.165, 1.54) is 13.0 Å². The Labute approximate surface area is 163 Å². The molecule has 2 aromatic rings. The van der Waals surface area contributed by atoms with E-state index < -0.39 is 23.6 Å². The lowest BCUT2D eigenvalue weighted by molar-refractivity contribution is -0.132. The number of carbonyl (C=O) groups excluding carboxylic acids is 2. The first-order valence-electron chi connectivity index (χ1n) is 9.14. The number of hydrogen-bond donors (Lipinski definition) is 2. The van der Waals surface area contributed by atoms with E-state index in [2.05, 4.69) is 5.32 Å². The van der Waals surface area contributed by atoms with Crippen LogP contribution < -0.4 is 11.1 Å². The first-order valence-corrected chi connectivity index (χ1v) is 9.14. The van der Waals surface area contributed by atoms with Gasteiger partial charge in [0.15, 0.2) is 0 Å². The Kier molecular flexibility index (Phi) is 8.07. The standard InChI is InChI=1S/C21H25F2N3O2/c1-15(27)25-20(18-8-7-17(22)13-19(18)23)14-21(28)26(12-10-24)11-9-16-5-3-2-4-6-16/h2-8,13,20H,9-12,14,24H2,1H3,(H,25,27). The number of benzene rings is 2. The van der Waals surface area contributed by atoms with Gasteiger partial charge in [-0.15, -0.1) is 0 Å². The fourth-order valence-electron chi connectivity index (χ4n) is 3.00. The van der Waals surface area contributed by atoms with Crippen LogP contribution in [-0.2, 0) is 16.0 Å². The SMILES string of the molecule is CC(=O)NC(CC(=O)N(CCN)CCc1ccccc1)c1ccc(F)cc1F. The molecule has 0 aliphatic heterocycles. The molecule has 7 heteroatoms. The van der Waals surface area contributed by atoms with E-state index in [1.807, 2.05) is 30.3 Å². The summed E-state index contributed by atoms with van der Waals surface area (Å²) in [5.74, 6) is -2.19. The average Bonchev–Trinajstić information content (AvgIpc) is 2.65. The van der Waals surface area contributed by atoms with Crippen LogP contribution in [0.25, 0.3) is 0 Å². The number of nitrogens with one attached hydrogen (secondary N) is 1. The van der Waals surface area contributed by atoms with Gasteiger partial charge < -0.3 is 16.0 Å². The van der Waals surface area contributed by atoms with Crippen molar-refractivity contribution in [1.82, 2.24) is 10.2 Å². The first-order chi connectivity index (χ1) is 13.4. The minimum Gasteiger partial charge on any atom is -0.349 e. The Balaban J connectivity index is 2.12. The summed E-state index contributed by atoms with van der Waals surface area (Å²) >= 11 is 0. The van der Waals surface area contributed by atoms with Crippen LogP contribution in [0.3, 0.4) is 0 Å². The highest BCUT2D eigenvalue weighted by molar-refractivity contribution is 5.79. The second-order valence-electron chi connectivity index (χ2n) is 6.53. The summed E-state index contributed by atoms with van der Waals surface area (Å²) in [6, 6.07) is 11.9. The second kappa shape index (κ2) is 10.5. The van der Waals surface area contributed by atoms with Gasteiger partial charge in [0.1, 0.15) is 11.6 Å². The summed E-state index contributed by atoms with van der Waals surface area (Å²) in [6.45, 7) is 2.38. The van der Waals surface area contributed by atoms with E-state index in [0.29, 0.717) is 19.5 Å². The molecule has 0 saturated heterocycles. The highest BCUT2D eigenvalue weighted by Crippen LogP contribution is 2.22. The first kappa shape index (κ1) is 21.5. The van der Waals surface area contributed by atoms with Crippen molar-refractivity contribution in [3.63, 3.8) is 0 Å². The molecule has 3 N–H and O–H groups in total. The van der Waals surface area contributed by atoms with Crippen molar-refractivity contribution in [3.8, 4) is 0 Å². The molecule has 0 spiro atoms. The molecular weight excluding hydrogens is 364 g/mol. The molecule has 150 valence electrons. The Bertz CT molecular complexity index is 799. The predicted molar refractivity (Wildman–Crippen MR) is 103 cm³/mol. The van der Waals surface area contributed by atoms with E-state index in [1.54, 1.807) is 4.90 Å². The van der Waals surface area contributed by atoms with Gasteiger partial charge in [-0.1, -0.05) is 36.4 Å². The van der Waals surface area contributed by atoms with Crippen LogP contribution in [0.15, 0.2) is 48.5 Å². The third kappa shape index (κ3) is 6.42. The highest BCUT2D eigenvalue weighted by atomic mass is 19.1. The summed E-state index contributed by atoms with van der Waals surface area (Å²) in [5.41, 5.74) is 6.79. The highest BCUT2D eigenvalue weighted by Gasteiger charge is 2.23. The van der Waals surface area contributed by atoms with Crippen molar-refractivity contribution < 1.29 is 18.4 Å². The largest absolute Gasteiger partial charge is 0.349 e. The van der Waals surface area contributed by atoms with Crippen LogP contribution in [0, 0.1) is 11.6 Å². The van der Waals surface area contributed by atoms with E-state index in [-0.39, 0.29) is 24.4 Å². The van der Waals surface area contributed by atoms with Gasteiger partial charge in [-0.2, -0.15) is 0 Å². The fraction of sp³-hybridized carbons (Fsp3) is 0.333. The molecule has 28 heavy (non-hydrogen) atoms. The number of hydrogen-bond acceptors (Lipinski definition) is 3. The Morgan fingerprint density at radius 2 is 1.82 bits per heavy atom. The Morgan fingerprint density at radius 1 is 1.11 bits per heavy atom. The van der Waals surface area contributed by atoms with E-state index in [4.69, 9.17) is 5.73 Å². The lowest BCUT2D eigenvalue weighted by atomic mass is 10.0.